The summed E-state index contributed by atoms with van der Waals surface area (Å²) in [5.41, 5.74) is -0.297. The van der Waals surface area contributed by atoms with Crippen molar-refractivity contribution in [2.45, 2.75) is 13.3 Å². The van der Waals surface area contributed by atoms with Gasteiger partial charge in [-0.15, -0.1) is 0 Å². The van der Waals surface area contributed by atoms with Crippen LogP contribution in [0.3, 0.4) is 0 Å². The Bertz CT molecular complexity index is 526. The van der Waals surface area contributed by atoms with Gasteiger partial charge in [-0.3, -0.25) is 4.79 Å². The lowest BCUT2D eigenvalue weighted by atomic mass is 10.1. The summed E-state index contributed by atoms with van der Waals surface area (Å²) in [5, 5.41) is 13.2. The SMILES string of the molecule is CC(CCNC(=O)Nc1cc(F)c(Br)cc1F)C(=O)O. The van der Waals surface area contributed by atoms with Crippen molar-refractivity contribution in [2.75, 3.05) is 11.9 Å². The third kappa shape index (κ3) is 4.76. The predicted octanol–water partition coefficient (Wildman–Crippen LogP) is 2.96. The standard InChI is InChI=1S/C12H13BrF2N2O3/c1-6(11(18)19)2-3-16-12(20)17-10-5-8(14)7(13)4-9(10)15/h4-6H,2-3H2,1H3,(H,18,19)(H2,16,17,20). The molecule has 0 radical (unpaired) electrons. The molecule has 0 saturated carbocycles. The van der Waals surface area contributed by atoms with Crippen LogP contribution in [0, 0.1) is 17.6 Å². The van der Waals surface area contributed by atoms with E-state index in [0.29, 0.717) is 0 Å². The molecule has 1 aromatic carbocycles. The molecule has 0 bridgehead atoms. The largest absolute Gasteiger partial charge is 0.481 e. The molecule has 20 heavy (non-hydrogen) atoms. The van der Waals surface area contributed by atoms with E-state index in [1.165, 1.54) is 6.92 Å². The van der Waals surface area contributed by atoms with E-state index in [9.17, 15) is 18.4 Å². The van der Waals surface area contributed by atoms with Gasteiger partial charge >= 0.3 is 12.0 Å². The zero-order valence-corrected chi connectivity index (χ0v) is 12.1. The molecule has 0 aliphatic heterocycles. The van der Waals surface area contributed by atoms with Gasteiger partial charge in [-0.1, -0.05) is 6.92 Å². The van der Waals surface area contributed by atoms with Gasteiger partial charge in [0, 0.05) is 12.6 Å². The van der Waals surface area contributed by atoms with Gasteiger partial charge < -0.3 is 15.7 Å². The Morgan fingerprint density at radius 3 is 2.60 bits per heavy atom. The second-order valence-corrected chi connectivity index (χ2v) is 5.01. The molecular formula is C12H13BrF2N2O3. The molecule has 0 fully saturated rings. The molecule has 0 aliphatic rings. The minimum Gasteiger partial charge on any atom is -0.481 e. The van der Waals surface area contributed by atoms with E-state index >= 15 is 0 Å². The summed E-state index contributed by atoms with van der Waals surface area (Å²) < 4.78 is 26.6. The number of amides is 2. The Morgan fingerprint density at radius 1 is 1.35 bits per heavy atom. The number of benzene rings is 1. The zero-order valence-electron chi connectivity index (χ0n) is 10.5. The second kappa shape index (κ2) is 7.18. The van der Waals surface area contributed by atoms with Crippen molar-refractivity contribution in [1.29, 1.82) is 0 Å². The first kappa shape index (κ1) is 16.4. The Labute approximate surface area is 122 Å². The number of carbonyl (C=O) groups excluding carboxylic acids is 1. The van der Waals surface area contributed by atoms with Crippen LogP contribution in [0.4, 0.5) is 19.3 Å². The van der Waals surface area contributed by atoms with Crippen molar-refractivity contribution in [3.8, 4) is 0 Å². The summed E-state index contributed by atoms with van der Waals surface area (Å²) in [7, 11) is 0. The van der Waals surface area contributed by atoms with Crippen molar-refractivity contribution >= 4 is 33.6 Å². The fourth-order valence-corrected chi connectivity index (χ4v) is 1.63. The number of aliphatic carboxylic acids is 1. The molecular weight excluding hydrogens is 338 g/mol. The third-order valence-electron chi connectivity index (χ3n) is 2.54. The van der Waals surface area contributed by atoms with E-state index in [4.69, 9.17) is 5.11 Å². The molecule has 3 N–H and O–H groups in total. The van der Waals surface area contributed by atoms with E-state index in [1.54, 1.807) is 0 Å². The summed E-state index contributed by atoms with van der Waals surface area (Å²) in [6, 6.07) is 1.01. The molecule has 8 heteroatoms. The molecule has 0 heterocycles. The first-order chi connectivity index (χ1) is 9.31. The number of carboxylic acid groups (broad SMARTS) is 1. The smallest absolute Gasteiger partial charge is 0.319 e. The normalized spacial score (nSPS) is 11.8. The van der Waals surface area contributed by atoms with E-state index in [2.05, 4.69) is 26.6 Å². The lowest BCUT2D eigenvalue weighted by molar-refractivity contribution is -0.141. The van der Waals surface area contributed by atoms with Crippen molar-refractivity contribution in [3.05, 3.63) is 28.2 Å². The average Bonchev–Trinajstić information content (AvgIpc) is 2.35. The topological polar surface area (TPSA) is 78.4 Å². The quantitative estimate of drug-likeness (QED) is 0.714. The summed E-state index contributed by atoms with van der Waals surface area (Å²) >= 11 is 2.82. The molecule has 1 aromatic rings. The highest BCUT2D eigenvalue weighted by Gasteiger charge is 2.13. The van der Waals surface area contributed by atoms with Crippen molar-refractivity contribution in [1.82, 2.24) is 5.32 Å². The number of halogens is 3. The first-order valence-electron chi connectivity index (χ1n) is 5.73. The maximum atomic E-state index is 13.4. The number of carbonyl (C=O) groups is 2. The van der Waals surface area contributed by atoms with Crippen molar-refractivity contribution < 1.29 is 23.5 Å². The number of urea groups is 1. The summed E-state index contributed by atoms with van der Waals surface area (Å²) in [6.45, 7) is 1.62. The van der Waals surface area contributed by atoms with E-state index in [-0.39, 0.29) is 23.1 Å². The monoisotopic (exact) mass is 350 g/mol. The van der Waals surface area contributed by atoms with E-state index < -0.39 is 29.6 Å². The van der Waals surface area contributed by atoms with Crippen molar-refractivity contribution in [2.24, 2.45) is 5.92 Å². The number of carboxylic acids is 1. The van der Waals surface area contributed by atoms with Crippen LogP contribution >= 0.6 is 15.9 Å². The summed E-state index contributed by atoms with van der Waals surface area (Å²) in [6.07, 6.45) is 0.236. The van der Waals surface area contributed by atoms with Crippen LogP contribution in [0.15, 0.2) is 16.6 Å². The van der Waals surface area contributed by atoms with Gasteiger partial charge in [0.1, 0.15) is 11.6 Å². The van der Waals surface area contributed by atoms with Gasteiger partial charge in [0.2, 0.25) is 0 Å². The van der Waals surface area contributed by atoms with E-state index in [1.807, 2.05) is 0 Å². The second-order valence-electron chi connectivity index (χ2n) is 4.16. The van der Waals surface area contributed by atoms with Crippen LogP contribution in [0.5, 0.6) is 0 Å². The van der Waals surface area contributed by atoms with Gasteiger partial charge in [0.15, 0.2) is 0 Å². The number of anilines is 1. The first-order valence-corrected chi connectivity index (χ1v) is 6.52. The van der Waals surface area contributed by atoms with Gasteiger partial charge in [-0.2, -0.15) is 0 Å². The number of hydrogen-bond donors (Lipinski definition) is 3. The predicted molar refractivity (Wildman–Crippen MR) is 72.5 cm³/mol. The zero-order chi connectivity index (χ0) is 15.3. The Kier molecular flexibility index (Phi) is 5.87. The van der Waals surface area contributed by atoms with Crippen LogP contribution < -0.4 is 10.6 Å². The molecule has 0 aliphatic carbocycles. The van der Waals surface area contributed by atoms with Gasteiger partial charge in [-0.25, -0.2) is 13.6 Å². The maximum Gasteiger partial charge on any atom is 0.319 e. The molecule has 0 saturated heterocycles. The van der Waals surface area contributed by atoms with Crippen LogP contribution in [0.25, 0.3) is 0 Å². The Morgan fingerprint density at radius 2 is 2.00 bits per heavy atom. The van der Waals surface area contributed by atoms with Gasteiger partial charge in [0.05, 0.1) is 16.1 Å². The number of hydrogen-bond acceptors (Lipinski definition) is 2. The maximum absolute atomic E-state index is 13.4. The highest BCUT2D eigenvalue weighted by Crippen LogP contribution is 2.23. The average molecular weight is 351 g/mol. The molecule has 1 unspecified atom stereocenters. The van der Waals surface area contributed by atoms with Crippen LogP contribution in [0.2, 0.25) is 0 Å². The summed E-state index contributed by atoms with van der Waals surface area (Å²) in [4.78, 5) is 22.0. The minimum atomic E-state index is -0.965. The molecule has 110 valence electrons. The van der Waals surface area contributed by atoms with Crippen LogP contribution in [-0.4, -0.2) is 23.7 Å². The van der Waals surface area contributed by atoms with Crippen molar-refractivity contribution in [3.63, 3.8) is 0 Å². The highest BCUT2D eigenvalue weighted by molar-refractivity contribution is 9.10. The Hall–Kier alpha value is -1.70. The van der Waals surface area contributed by atoms with E-state index in [0.717, 1.165) is 12.1 Å². The lowest BCUT2D eigenvalue weighted by Gasteiger charge is -2.10. The Balaban J connectivity index is 2.51. The molecule has 0 spiro atoms. The molecule has 0 aromatic heterocycles. The fourth-order valence-electron chi connectivity index (χ4n) is 1.31. The molecule has 1 rings (SSSR count). The molecule has 2 amide bonds. The number of nitrogens with one attached hydrogen (secondary N) is 2. The van der Waals surface area contributed by atoms with Gasteiger partial charge in [-0.05, 0) is 28.4 Å². The van der Waals surface area contributed by atoms with Crippen LogP contribution in [0.1, 0.15) is 13.3 Å². The van der Waals surface area contributed by atoms with Crippen LogP contribution in [-0.2, 0) is 4.79 Å². The highest BCUT2D eigenvalue weighted by atomic mass is 79.9. The molecule has 5 nitrogen and oxygen atoms in total. The lowest BCUT2D eigenvalue weighted by Crippen LogP contribution is -2.31. The number of rotatable bonds is 5. The fraction of sp³-hybridized carbons (Fsp3) is 0.333. The third-order valence-corrected chi connectivity index (χ3v) is 3.15. The minimum absolute atomic E-state index is 0.0451. The van der Waals surface area contributed by atoms with Gasteiger partial charge in [0.25, 0.3) is 0 Å². The summed E-state index contributed by atoms with van der Waals surface area (Å²) in [5.74, 6) is -3.06. The molecule has 1 atom stereocenters.